The highest BCUT2D eigenvalue weighted by atomic mass is 16.1. The van der Waals surface area contributed by atoms with Gasteiger partial charge < -0.3 is 4.90 Å². The van der Waals surface area contributed by atoms with Gasteiger partial charge in [0.2, 0.25) is 6.08 Å². The maximum absolute atomic E-state index is 10.1. The van der Waals surface area contributed by atoms with E-state index < -0.39 is 0 Å². The zero-order valence-corrected chi connectivity index (χ0v) is 10.4. The second-order valence-corrected chi connectivity index (χ2v) is 4.10. The van der Waals surface area contributed by atoms with Crippen molar-refractivity contribution in [2.75, 3.05) is 11.9 Å². The van der Waals surface area contributed by atoms with E-state index in [0.717, 1.165) is 17.8 Å². The number of carbonyl (C=O) groups excluding carboxylic acids is 1. The van der Waals surface area contributed by atoms with E-state index in [4.69, 9.17) is 0 Å². The molecule has 0 spiro atoms. The van der Waals surface area contributed by atoms with E-state index in [9.17, 15) is 4.79 Å². The lowest BCUT2D eigenvalue weighted by Crippen LogP contribution is -2.15. The van der Waals surface area contributed by atoms with Gasteiger partial charge in [-0.1, -0.05) is 0 Å². The highest BCUT2D eigenvalue weighted by Crippen LogP contribution is 2.19. The molecule has 0 atom stereocenters. The smallest absolute Gasteiger partial charge is 0.240 e. The predicted molar refractivity (Wildman–Crippen MR) is 69.5 cm³/mol. The van der Waals surface area contributed by atoms with Gasteiger partial charge in [0.1, 0.15) is 0 Å². The van der Waals surface area contributed by atoms with Crippen LogP contribution in [0.3, 0.4) is 0 Å². The maximum Gasteiger partial charge on any atom is 0.240 e. The molecule has 1 aromatic heterocycles. The number of anilines is 1. The van der Waals surface area contributed by atoms with Crippen molar-refractivity contribution in [1.29, 1.82) is 0 Å². The standard InChI is InChI=1S/C13H14N4O/c1-16(8-11-7-15-17(2)9-11)13-5-3-12(4-6-13)14-10-18/h3-7,9H,8H2,1-2H3. The molecule has 1 heterocycles. The first kappa shape index (κ1) is 12.1. The number of aliphatic imine (C=N–C) groups is 1. The summed E-state index contributed by atoms with van der Waals surface area (Å²) >= 11 is 0. The number of hydrogen-bond donors (Lipinski definition) is 0. The summed E-state index contributed by atoms with van der Waals surface area (Å²) in [4.78, 5) is 15.8. The molecule has 0 bridgehead atoms. The Bertz CT molecular complexity index is 567. The van der Waals surface area contributed by atoms with Crippen LogP contribution < -0.4 is 4.90 Å². The van der Waals surface area contributed by atoms with Gasteiger partial charge in [0.25, 0.3) is 0 Å². The van der Waals surface area contributed by atoms with Crippen LogP contribution in [0.4, 0.5) is 11.4 Å². The monoisotopic (exact) mass is 242 g/mol. The van der Waals surface area contributed by atoms with Gasteiger partial charge in [-0.2, -0.15) is 10.1 Å². The Labute approximate surface area is 105 Å². The van der Waals surface area contributed by atoms with Crippen molar-refractivity contribution < 1.29 is 4.79 Å². The molecular formula is C13H14N4O. The molecular weight excluding hydrogens is 228 g/mol. The molecule has 0 fully saturated rings. The molecule has 0 unspecified atom stereocenters. The highest BCUT2D eigenvalue weighted by molar-refractivity contribution is 5.55. The summed E-state index contributed by atoms with van der Waals surface area (Å²) in [5.41, 5.74) is 2.82. The summed E-state index contributed by atoms with van der Waals surface area (Å²) in [5, 5.41) is 4.13. The minimum atomic E-state index is 0.614. The maximum atomic E-state index is 10.1. The van der Waals surface area contributed by atoms with Crippen LogP contribution in [-0.4, -0.2) is 22.9 Å². The third kappa shape index (κ3) is 2.84. The van der Waals surface area contributed by atoms with Crippen molar-refractivity contribution in [2.45, 2.75) is 6.54 Å². The number of rotatable bonds is 4. The van der Waals surface area contributed by atoms with E-state index in [0.29, 0.717) is 5.69 Å². The molecule has 0 amide bonds. The number of isocyanates is 1. The Morgan fingerprint density at radius 3 is 2.67 bits per heavy atom. The van der Waals surface area contributed by atoms with Crippen LogP contribution in [0.5, 0.6) is 0 Å². The third-order valence-electron chi connectivity index (χ3n) is 2.64. The third-order valence-corrected chi connectivity index (χ3v) is 2.64. The lowest BCUT2D eigenvalue weighted by Gasteiger charge is -2.18. The second-order valence-electron chi connectivity index (χ2n) is 4.10. The first-order chi connectivity index (χ1) is 8.69. The summed E-state index contributed by atoms with van der Waals surface area (Å²) in [6.45, 7) is 0.782. The van der Waals surface area contributed by atoms with Gasteiger partial charge in [0.05, 0.1) is 11.9 Å². The summed E-state index contributed by atoms with van der Waals surface area (Å²) in [6, 6.07) is 7.43. The molecule has 1 aromatic carbocycles. The van der Waals surface area contributed by atoms with Crippen molar-refractivity contribution in [3.63, 3.8) is 0 Å². The average Bonchev–Trinajstić information content (AvgIpc) is 2.76. The van der Waals surface area contributed by atoms with Gasteiger partial charge in [-0.25, -0.2) is 4.79 Å². The van der Waals surface area contributed by atoms with Gasteiger partial charge in [0.15, 0.2) is 0 Å². The van der Waals surface area contributed by atoms with Crippen molar-refractivity contribution in [3.05, 3.63) is 42.2 Å². The fraction of sp³-hybridized carbons (Fsp3) is 0.231. The number of nitrogens with zero attached hydrogens (tertiary/aromatic N) is 4. The molecule has 0 aliphatic heterocycles. The molecule has 92 valence electrons. The summed E-state index contributed by atoms with van der Waals surface area (Å²) in [6.07, 6.45) is 5.36. The minimum absolute atomic E-state index is 0.614. The zero-order chi connectivity index (χ0) is 13.0. The molecule has 5 nitrogen and oxygen atoms in total. The summed E-state index contributed by atoms with van der Waals surface area (Å²) < 4.78 is 1.78. The molecule has 0 saturated carbocycles. The quantitative estimate of drug-likeness (QED) is 0.609. The number of aromatic nitrogens is 2. The second kappa shape index (κ2) is 5.29. The van der Waals surface area contributed by atoms with Crippen LogP contribution in [0.25, 0.3) is 0 Å². The van der Waals surface area contributed by atoms with Crippen LogP contribution in [0.2, 0.25) is 0 Å². The number of aryl methyl sites for hydroxylation is 1. The molecule has 0 saturated heterocycles. The van der Waals surface area contributed by atoms with Crippen molar-refractivity contribution in [1.82, 2.24) is 9.78 Å². The van der Waals surface area contributed by atoms with Crippen molar-refractivity contribution >= 4 is 17.5 Å². The Hall–Kier alpha value is -2.39. The van der Waals surface area contributed by atoms with E-state index in [2.05, 4.69) is 15.0 Å². The van der Waals surface area contributed by atoms with E-state index in [1.165, 1.54) is 6.08 Å². The van der Waals surface area contributed by atoms with Crippen LogP contribution in [0, 0.1) is 0 Å². The zero-order valence-electron chi connectivity index (χ0n) is 10.4. The molecule has 0 aliphatic rings. The van der Waals surface area contributed by atoms with Crippen LogP contribution in [-0.2, 0) is 18.4 Å². The van der Waals surface area contributed by atoms with E-state index >= 15 is 0 Å². The molecule has 0 radical (unpaired) electrons. The molecule has 0 aliphatic carbocycles. The SMILES string of the molecule is CN(Cc1cnn(C)c1)c1ccc(N=C=O)cc1. The lowest BCUT2D eigenvalue weighted by atomic mass is 10.2. The normalized spacial score (nSPS) is 9.89. The number of hydrogen-bond acceptors (Lipinski definition) is 4. The Balaban J connectivity index is 2.08. The van der Waals surface area contributed by atoms with E-state index in [1.807, 2.05) is 38.6 Å². The van der Waals surface area contributed by atoms with Gasteiger partial charge in [-0.3, -0.25) is 4.68 Å². The Morgan fingerprint density at radius 2 is 2.11 bits per heavy atom. The molecule has 2 rings (SSSR count). The van der Waals surface area contributed by atoms with Gasteiger partial charge in [-0.15, -0.1) is 0 Å². The lowest BCUT2D eigenvalue weighted by molar-refractivity contribution is 0.565. The van der Waals surface area contributed by atoms with Gasteiger partial charge in [0, 0.05) is 38.1 Å². The fourth-order valence-corrected chi connectivity index (χ4v) is 1.75. The van der Waals surface area contributed by atoms with Crippen molar-refractivity contribution in [2.24, 2.45) is 12.0 Å². The first-order valence-electron chi connectivity index (χ1n) is 5.55. The Morgan fingerprint density at radius 1 is 1.39 bits per heavy atom. The molecule has 18 heavy (non-hydrogen) atoms. The summed E-state index contributed by atoms with van der Waals surface area (Å²) in [5.74, 6) is 0. The van der Waals surface area contributed by atoms with Gasteiger partial charge >= 0.3 is 0 Å². The van der Waals surface area contributed by atoms with Crippen LogP contribution in [0.1, 0.15) is 5.56 Å². The largest absolute Gasteiger partial charge is 0.370 e. The average molecular weight is 242 g/mol. The van der Waals surface area contributed by atoms with Crippen LogP contribution >= 0.6 is 0 Å². The van der Waals surface area contributed by atoms with Crippen LogP contribution in [0.15, 0.2) is 41.7 Å². The Kier molecular flexibility index (Phi) is 3.55. The molecule has 5 heteroatoms. The van der Waals surface area contributed by atoms with E-state index in [1.54, 1.807) is 16.8 Å². The summed E-state index contributed by atoms with van der Waals surface area (Å²) in [7, 11) is 3.90. The molecule has 0 N–H and O–H groups in total. The highest BCUT2D eigenvalue weighted by Gasteiger charge is 2.03. The van der Waals surface area contributed by atoms with Gasteiger partial charge in [-0.05, 0) is 24.3 Å². The van der Waals surface area contributed by atoms with E-state index in [-0.39, 0.29) is 0 Å². The first-order valence-corrected chi connectivity index (χ1v) is 5.55. The fourth-order valence-electron chi connectivity index (χ4n) is 1.75. The topological polar surface area (TPSA) is 50.5 Å². The predicted octanol–water partition coefficient (Wildman–Crippen LogP) is 2.02. The molecule has 2 aromatic rings. The minimum Gasteiger partial charge on any atom is -0.370 e. The van der Waals surface area contributed by atoms with Crippen molar-refractivity contribution in [3.8, 4) is 0 Å². The number of benzene rings is 1.